The summed E-state index contributed by atoms with van der Waals surface area (Å²) in [6.07, 6.45) is 2.72. The van der Waals surface area contributed by atoms with Crippen molar-refractivity contribution in [3.63, 3.8) is 0 Å². The van der Waals surface area contributed by atoms with Gasteiger partial charge >= 0.3 is 6.09 Å². The highest BCUT2D eigenvalue weighted by molar-refractivity contribution is 6.31. The number of carbonyl (C=O) groups is 1. The van der Waals surface area contributed by atoms with Crippen molar-refractivity contribution in [2.45, 2.75) is 51.9 Å². The lowest BCUT2D eigenvalue weighted by atomic mass is 10.1. The second-order valence-corrected chi connectivity index (χ2v) is 11.3. The van der Waals surface area contributed by atoms with Crippen molar-refractivity contribution in [1.82, 2.24) is 14.9 Å². The van der Waals surface area contributed by atoms with Crippen LogP contribution in [0.2, 0.25) is 5.02 Å². The first kappa shape index (κ1) is 28.4. The molecule has 2 heterocycles. The van der Waals surface area contributed by atoms with Gasteiger partial charge in [0.2, 0.25) is 0 Å². The molecule has 1 aliphatic rings. The molecular weight excluding hydrogens is 547 g/mol. The molecule has 0 bridgehead atoms. The van der Waals surface area contributed by atoms with Gasteiger partial charge in [-0.15, -0.1) is 0 Å². The highest BCUT2D eigenvalue weighted by Crippen LogP contribution is 2.37. The maximum atomic E-state index is 13.8. The van der Waals surface area contributed by atoms with Gasteiger partial charge in [0.1, 0.15) is 48.3 Å². The van der Waals surface area contributed by atoms with E-state index in [1.165, 1.54) is 18.5 Å². The van der Waals surface area contributed by atoms with Crippen molar-refractivity contribution in [2.24, 2.45) is 0 Å². The molecule has 1 atom stereocenters. The van der Waals surface area contributed by atoms with Crippen LogP contribution in [0.5, 0.6) is 11.5 Å². The average molecular weight is 579 g/mol. The van der Waals surface area contributed by atoms with Crippen LogP contribution >= 0.6 is 11.6 Å². The van der Waals surface area contributed by atoms with E-state index in [0.29, 0.717) is 47.1 Å². The smallest absolute Gasteiger partial charge is 0.410 e. The summed E-state index contributed by atoms with van der Waals surface area (Å²) in [4.78, 5) is 23.5. The SMILES string of the molecule is CC(C)(C)OC(=O)N1CCC[C@@H]1COc1cc(OCc2ccccc2)cc2ncnc(Nc3ccc(F)c(Cl)c3)c12. The number of likely N-dealkylation sites (tertiary alicyclic amines) is 1. The summed E-state index contributed by atoms with van der Waals surface area (Å²) in [6, 6.07) is 17.6. The maximum Gasteiger partial charge on any atom is 0.410 e. The summed E-state index contributed by atoms with van der Waals surface area (Å²) in [5, 5.41) is 3.81. The molecule has 4 aromatic rings. The van der Waals surface area contributed by atoms with E-state index in [0.717, 1.165) is 18.4 Å². The van der Waals surface area contributed by atoms with Crippen LogP contribution in [-0.2, 0) is 11.3 Å². The van der Waals surface area contributed by atoms with Gasteiger partial charge in [-0.25, -0.2) is 19.2 Å². The molecule has 5 rings (SSSR count). The normalized spacial score (nSPS) is 15.1. The Hall–Kier alpha value is -4.11. The molecule has 3 aromatic carbocycles. The summed E-state index contributed by atoms with van der Waals surface area (Å²) in [5.41, 5.74) is 1.57. The van der Waals surface area contributed by atoms with Gasteiger partial charge in [0, 0.05) is 24.4 Å². The van der Waals surface area contributed by atoms with E-state index in [4.69, 9.17) is 25.8 Å². The molecule has 0 aliphatic carbocycles. The summed E-state index contributed by atoms with van der Waals surface area (Å²) in [5.74, 6) is 0.997. The highest BCUT2D eigenvalue weighted by Gasteiger charge is 2.33. The number of ether oxygens (including phenoxy) is 3. The molecule has 1 amide bonds. The molecule has 0 saturated carbocycles. The van der Waals surface area contributed by atoms with Crippen LogP contribution in [0.25, 0.3) is 10.9 Å². The summed E-state index contributed by atoms with van der Waals surface area (Å²) in [7, 11) is 0. The Labute approximate surface area is 243 Å². The van der Waals surface area contributed by atoms with E-state index in [9.17, 15) is 9.18 Å². The zero-order valence-electron chi connectivity index (χ0n) is 23.2. The average Bonchev–Trinajstić information content (AvgIpc) is 3.41. The quantitative estimate of drug-likeness (QED) is 0.231. The molecule has 1 N–H and O–H groups in total. The van der Waals surface area contributed by atoms with E-state index in [1.54, 1.807) is 17.0 Å². The van der Waals surface area contributed by atoms with E-state index < -0.39 is 11.4 Å². The number of hydrogen-bond donors (Lipinski definition) is 1. The minimum atomic E-state index is -0.590. The van der Waals surface area contributed by atoms with Crippen LogP contribution in [0.3, 0.4) is 0 Å². The van der Waals surface area contributed by atoms with Gasteiger partial charge < -0.3 is 24.4 Å². The summed E-state index contributed by atoms with van der Waals surface area (Å²) in [6.45, 7) is 6.76. The third-order valence-electron chi connectivity index (χ3n) is 6.54. The number of amides is 1. The zero-order chi connectivity index (χ0) is 29.0. The van der Waals surface area contributed by atoms with Crippen LogP contribution in [0, 0.1) is 5.82 Å². The van der Waals surface area contributed by atoms with Gasteiger partial charge in [0.15, 0.2) is 0 Å². The van der Waals surface area contributed by atoms with Gasteiger partial charge in [-0.3, -0.25) is 0 Å². The Morgan fingerprint density at radius 2 is 1.90 bits per heavy atom. The van der Waals surface area contributed by atoms with Crippen molar-refractivity contribution in [3.05, 3.63) is 83.4 Å². The fraction of sp³-hybridized carbons (Fsp3) is 0.323. The number of hydrogen-bond acceptors (Lipinski definition) is 7. The number of aromatic nitrogens is 2. The Morgan fingerprint density at radius 1 is 1.10 bits per heavy atom. The highest BCUT2D eigenvalue weighted by atomic mass is 35.5. The van der Waals surface area contributed by atoms with Gasteiger partial charge in [-0.05, 0) is 57.4 Å². The molecular formula is C31H32ClFN4O4. The molecule has 0 radical (unpaired) electrons. The Morgan fingerprint density at radius 3 is 2.66 bits per heavy atom. The van der Waals surface area contributed by atoms with Crippen LogP contribution in [0.4, 0.5) is 20.7 Å². The number of carbonyl (C=O) groups excluding carboxylic acids is 1. The number of anilines is 2. The number of rotatable bonds is 8. The lowest BCUT2D eigenvalue weighted by molar-refractivity contribution is 0.0188. The fourth-order valence-electron chi connectivity index (χ4n) is 4.63. The molecule has 1 saturated heterocycles. The van der Waals surface area contributed by atoms with E-state index in [1.807, 2.05) is 57.2 Å². The number of nitrogens with one attached hydrogen (secondary N) is 1. The molecule has 0 unspecified atom stereocenters. The first-order valence-electron chi connectivity index (χ1n) is 13.5. The fourth-order valence-corrected chi connectivity index (χ4v) is 4.81. The van der Waals surface area contributed by atoms with Crippen molar-refractivity contribution in [1.29, 1.82) is 0 Å². The maximum absolute atomic E-state index is 13.8. The third-order valence-corrected chi connectivity index (χ3v) is 6.83. The van der Waals surface area contributed by atoms with Crippen molar-refractivity contribution in [2.75, 3.05) is 18.5 Å². The molecule has 10 heteroatoms. The first-order valence-corrected chi connectivity index (χ1v) is 13.8. The van der Waals surface area contributed by atoms with Crippen LogP contribution in [0.1, 0.15) is 39.2 Å². The Balaban J connectivity index is 1.45. The topological polar surface area (TPSA) is 85.8 Å². The van der Waals surface area contributed by atoms with Crippen molar-refractivity contribution in [3.8, 4) is 11.5 Å². The van der Waals surface area contributed by atoms with Crippen LogP contribution < -0.4 is 14.8 Å². The number of benzene rings is 3. The van der Waals surface area contributed by atoms with Crippen molar-refractivity contribution < 1.29 is 23.4 Å². The molecule has 41 heavy (non-hydrogen) atoms. The standard InChI is InChI=1S/C31H32ClFN4O4/c1-31(2,3)41-30(38)37-13-7-10-22(37)18-40-27-16-23(39-17-20-8-5-4-6-9-20)15-26-28(27)29(35-19-34-26)36-21-11-12-25(33)24(32)14-21/h4-6,8-9,11-12,14-16,19,22H,7,10,13,17-18H2,1-3H3,(H,34,35,36)/t22-/m1/s1. The largest absolute Gasteiger partial charge is 0.490 e. The minimum Gasteiger partial charge on any atom is -0.490 e. The monoisotopic (exact) mass is 578 g/mol. The molecule has 1 aromatic heterocycles. The van der Waals surface area contributed by atoms with Crippen LogP contribution in [0.15, 0.2) is 67.0 Å². The first-order chi connectivity index (χ1) is 19.7. The molecule has 214 valence electrons. The number of fused-ring (bicyclic) bond motifs is 1. The lowest BCUT2D eigenvalue weighted by Crippen LogP contribution is -2.42. The predicted molar refractivity (Wildman–Crippen MR) is 156 cm³/mol. The van der Waals surface area contributed by atoms with Crippen molar-refractivity contribution >= 4 is 40.1 Å². The van der Waals surface area contributed by atoms with Crippen LogP contribution in [-0.4, -0.2) is 45.8 Å². The molecule has 0 spiro atoms. The zero-order valence-corrected chi connectivity index (χ0v) is 24.0. The number of nitrogens with zero attached hydrogens (tertiary/aromatic N) is 3. The minimum absolute atomic E-state index is 0.00935. The molecule has 1 fully saturated rings. The second-order valence-electron chi connectivity index (χ2n) is 10.8. The van der Waals surface area contributed by atoms with E-state index in [-0.39, 0.29) is 23.8 Å². The van der Waals surface area contributed by atoms with Gasteiger partial charge in [-0.1, -0.05) is 41.9 Å². The summed E-state index contributed by atoms with van der Waals surface area (Å²) >= 11 is 6.01. The molecule has 8 nitrogen and oxygen atoms in total. The van der Waals surface area contributed by atoms with Gasteiger partial charge in [0.25, 0.3) is 0 Å². The third kappa shape index (κ3) is 7.16. The van der Waals surface area contributed by atoms with E-state index >= 15 is 0 Å². The van der Waals surface area contributed by atoms with Gasteiger partial charge in [-0.2, -0.15) is 0 Å². The Bertz CT molecular complexity index is 1530. The predicted octanol–water partition coefficient (Wildman–Crippen LogP) is 7.52. The van der Waals surface area contributed by atoms with Gasteiger partial charge in [0.05, 0.1) is 22.0 Å². The van der Waals surface area contributed by atoms with E-state index in [2.05, 4.69) is 15.3 Å². The Kier molecular flexibility index (Phi) is 8.44. The molecule has 1 aliphatic heterocycles. The second kappa shape index (κ2) is 12.2. The lowest BCUT2D eigenvalue weighted by Gasteiger charge is -2.28. The summed E-state index contributed by atoms with van der Waals surface area (Å²) < 4.78 is 31.9. The number of halogens is 2.